The van der Waals surface area contributed by atoms with E-state index in [9.17, 15) is 0 Å². The number of azo groups is 1. The van der Waals surface area contributed by atoms with E-state index in [0.29, 0.717) is 0 Å². The molecule has 2 aromatic heterocycles. The van der Waals surface area contributed by atoms with Crippen molar-refractivity contribution in [2.24, 2.45) is 15.6 Å². The van der Waals surface area contributed by atoms with Crippen LogP contribution in [0.4, 0.5) is 0 Å². The van der Waals surface area contributed by atoms with E-state index >= 15 is 0 Å². The molecule has 0 atom stereocenters. The molecule has 0 spiro atoms. The van der Waals surface area contributed by atoms with Crippen LogP contribution in [0.25, 0.3) is 0 Å². The minimum atomic E-state index is 0. The molecule has 216 valence electrons. The molecule has 0 amide bonds. The molecule has 2 aromatic rings. The van der Waals surface area contributed by atoms with E-state index < -0.39 is 0 Å². The van der Waals surface area contributed by atoms with Crippen LogP contribution in [0.3, 0.4) is 0 Å². The number of aromatic nitrogens is 6. The second-order valence-corrected chi connectivity index (χ2v) is 9.44. The molecule has 36 heavy (non-hydrogen) atoms. The van der Waals surface area contributed by atoms with Gasteiger partial charge in [-0.1, -0.05) is 111 Å². The Morgan fingerprint density at radius 3 is 1.44 bits per heavy atom. The van der Waals surface area contributed by atoms with Crippen molar-refractivity contribution in [1.29, 1.82) is 0 Å². The number of aromatic amines is 1. The van der Waals surface area contributed by atoms with Crippen LogP contribution in [0, 0.1) is 5.41 Å². The molecule has 1 aliphatic rings. The fourth-order valence-corrected chi connectivity index (χ4v) is 1.83. The van der Waals surface area contributed by atoms with Crippen LogP contribution < -0.4 is 0 Å². The maximum Gasteiger partial charge on any atom is 0.0877 e. The van der Waals surface area contributed by atoms with Crippen LogP contribution in [0.5, 0.6) is 0 Å². The van der Waals surface area contributed by atoms with Crippen molar-refractivity contribution >= 4 is 0 Å². The molecule has 0 saturated heterocycles. The Bertz CT molecular complexity index is 665. The topological polar surface area (TPSA) is 97.0 Å². The number of hydrogen-bond donors (Lipinski definition) is 1. The second-order valence-electron chi connectivity index (χ2n) is 9.44. The highest BCUT2D eigenvalue weighted by Gasteiger charge is 2.18. The van der Waals surface area contributed by atoms with Gasteiger partial charge in [0.05, 0.1) is 36.4 Å². The summed E-state index contributed by atoms with van der Waals surface area (Å²) in [6, 6.07) is 0. The summed E-state index contributed by atoms with van der Waals surface area (Å²) in [5, 5.41) is 25.5. The van der Waals surface area contributed by atoms with E-state index in [4.69, 9.17) is 0 Å². The smallest absolute Gasteiger partial charge is 0.0877 e. The summed E-state index contributed by atoms with van der Waals surface area (Å²) in [5.41, 5.74) is 2.76. The molecule has 0 aromatic carbocycles. The summed E-state index contributed by atoms with van der Waals surface area (Å²) in [6.45, 7) is 31.9. The van der Waals surface area contributed by atoms with Crippen molar-refractivity contribution in [1.82, 2.24) is 30.4 Å². The van der Waals surface area contributed by atoms with Crippen molar-refractivity contribution in [2.75, 3.05) is 6.54 Å². The Kier molecular flexibility index (Phi) is 31.7. The van der Waals surface area contributed by atoms with E-state index in [0.717, 1.165) is 12.2 Å². The van der Waals surface area contributed by atoms with Crippen LogP contribution >= 0.6 is 0 Å². The molecule has 0 unspecified atom stereocenters. The normalized spacial score (nSPS) is 11.0. The summed E-state index contributed by atoms with van der Waals surface area (Å²) < 4.78 is 1.83. The van der Waals surface area contributed by atoms with E-state index in [1.165, 1.54) is 5.57 Å². The van der Waals surface area contributed by atoms with Crippen molar-refractivity contribution in [3.63, 3.8) is 0 Å². The SMILES string of the molecule is C.C.C.CC.CC.CC.CC(C)(C)C1=CN=NC1.CC(C)(C)c1cn[nH]n1.CC(C)(C)n1ccnn1. The molecule has 8 heteroatoms. The third kappa shape index (κ3) is 22.1. The van der Waals surface area contributed by atoms with Crippen LogP contribution in [-0.4, -0.2) is 36.9 Å². The number of nitrogens with one attached hydrogen (secondary N) is 1. The monoisotopic (exact) mass is 513 g/mol. The number of nitrogens with zero attached hydrogens (tertiary/aromatic N) is 7. The molecular formula is C28H64N8. The van der Waals surface area contributed by atoms with Gasteiger partial charge >= 0.3 is 0 Å². The van der Waals surface area contributed by atoms with E-state index in [2.05, 4.69) is 98.3 Å². The third-order valence-electron chi connectivity index (χ3n) is 3.79. The van der Waals surface area contributed by atoms with Gasteiger partial charge in [0.1, 0.15) is 0 Å². The van der Waals surface area contributed by atoms with E-state index in [-0.39, 0.29) is 38.6 Å². The van der Waals surface area contributed by atoms with Gasteiger partial charge in [-0.15, -0.1) is 5.10 Å². The predicted octanol–water partition coefficient (Wildman–Crippen LogP) is 9.50. The zero-order chi connectivity index (χ0) is 26.7. The van der Waals surface area contributed by atoms with Crippen LogP contribution in [-0.2, 0) is 11.0 Å². The van der Waals surface area contributed by atoms with Gasteiger partial charge in [-0.25, -0.2) is 4.68 Å². The van der Waals surface area contributed by atoms with Gasteiger partial charge in [0.15, 0.2) is 0 Å². The number of rotatable bonds is 0. The Balaban J connectivity index is -0.0000000816. The van der Waals surface area contributed by atoms with Crippen LogP contribution in [0.2, 0.25) is 0 Å². The van der Waals surface area contributed by atoms with E-state index in [1.54, 1.807) is 12.4 Å². The minimum Gasteiger partial charge on any atom is -0.247 e. The molecular weight excluding hydrogens is 448 g/mol. The fraction of sp³-hybridized carbons (Fsp3) is 0.786. The quantitative estimate of drug-likeness (QED) is 0.380. The Morgan fingerprint density at radius 2 is 1.28 bits per heavy atom. The van der Waals surface area contributed by atoms with Gasteiger partial charge < -0.3 is 0 Å². The molecule has 1 N–H and O–H groups in total. The highest BCUT2D eigenvalue weighted by Crippen LogP contribution is 2.27. The minimum absolute atomic E-state index is 0. The first-order chi connectivity index (χ1) is 15.3. The average molecular weight is 513 g/mol. The lowest BCUT2D eigenvalue weighted by atomic mass is 9.87. The Morgan fingerprint density at radius 1 is 0.778 bits per heavy atom. The first-order valence-electron chi connectivity index (χ1n) is 12.1. The van der Waals surface area contributed by atoms with Gasteiger partial charge in [0.25, 0.3) is 0 Å². The summed E-state index contributed by atoms with van der Waals surface area (Å²) >= 11 is 0. The van der Waals surface area contributed by atoms with Crippen molar-refractivity contribution in [3.8, 4) is 0 Å². The molecule has 3 rings (SSSR count). The first-order valence-corrected chi connectivity index (χ1v) is 12.1. The summed E-state index contributed by atoms with van der Waals surface area (Å²) in [4.78, 5) is 0. The van der Waals surface area contributed by atoms with Crippen molar-refractivity contribution in [3.05, 3.63) is 36.1 Å². The Hall–Kier alpha value is -2.38. The fourth-order valence-electron chi connectivity index (χ4n) is 1.83. The first kappa shape index (κ1) is 46.9. The molecule has 8 nitrogen and oxygen atoms in total. The lowest BCUT2D eigenvalue weighted by Crippen LogP contribution is -2.22. The van der Waals surface area contributed by atoms with Gasteiger partial charge in [-0.3, -0.25) is 0 Å². The van der Waals surface area contributed by atoms with Crippen molar-refractivity contribution < 1.29 is 0 Å². The summed E-state index contributed by atoms with van der Waals surface area (Å²) in [6.07, 6.45) is 7.16. The van der Waals surface area contributed by atoms with Crippen molar-refractivity contribution in [2.45, 2.75) is 137 Å². The van der Waals surface area contributed by atoms with Gasteiger partial charge in [-0.05, 0) is 31.8 Å². The van der Waals surface area contributed by atoms with Gasteiger partial charge in [0, 0.05) is 11.6 Å². The zero-order valence-electron chi connectivity index (χ0n) is 24.1. The lowest BCUT2D eigenvalue weighted by Gasteiger charge is -2.17. The molecule has 0 radical (unpaired) electrons. The largest absolute Gasteiger partial charge is 0.247 e. The zero-order valence-corrected chi connectivity index (χ0v) is 24.1. The maximum atomic E-state index is 3.95. The van der Waals surface area contributed by atoms with Crippen LogP contribution in [0.1, 0.15) is 132 Å². The highest BCUT2D eigenvalue weighted by molar-refractivity contribution is 5.14. The standard InChI is InChI=1S/C7H12N2.2C6H11N3.3C2H6.3CH4/c1-7(2,3)6-4-8-9-5-6;1-6(2,3)9-5-4-7-8-9;1-6(2,3)5-4-7-9-8-5;3*1-2;;;/h4H,5H2,1-3H3;4-5H,1-3H3;4H,1-3H3,(H,7,8,9);3*1-2H3;3*1H4. The summed E-state index contributed by atoms with van der Waals surface area (Å²) in [7, 11) is 0. The van der Waals surface area contributed by atoms with Gasteiger partial charge in [0.2, 0.25) is 0 Å². The van der Waals surface area contributed by atoms with Gasteiger partial charge in [-0.2, -0.15) is 25.6 Å². The molecule has 3 heterocycles. The predicted molar refractivity (Wildman–Crippen MR) is 162 cm³/mol. The molecule has 1 aliphatic heterocycles. The van der Waals surface area contributed by atoms with Crippen LogP contribution in [0.15, 0.2) is 40.6 Å². The maximum absolute atomic E-state index is 3.95. The molecule has 0 bridgehead atoms. The number of H-pyrrole nitrogens is 1. The molecule has 0 saturated carbocycles. The summed E-state index contributed by atoms with van der Waals surface area (Å²) in [5.74, 6) is 0. The lowest BCUT2D eigenvalue weighted by molar-refractivity contribution is 0.347. The third-order valence-corrected chi connectivity index (χ3v) is 3.79. The second kappa shape index (κ2) is 24.3. The molecule has 0 fully saturated rings. The average Bonchev–Trinajstić information content (AvgIpc) is 3.55. The van der Waals surface area contributed by atoms with E-state index in [1.807, 2.05) is 58.6 Å². The molecule has 0 aliphatic carbocycles. The Labute approximate surface area is 225 Å². The highest BCUT2D eigenvalue weighted by atomic mass is 15.4. The number of hydrogen-bond acceptors (Lipinski definition) is 6.